The zero-order valence-corrected chi connectivity index (χ0v) is 11.8. The molecule has 108 valence electrons. The number of amides is 1. The van der Waals surface area contributed by atoms with Crippen LogP contribution < -0.4 is 0 Å². The number of benzene rings is 1. The number of carbonyl (C=O) groups excluding carboxylic acids is 1. The van der Waals surface area contributed by atoms with Crippen molar-refractivity contribution in [3.8, 4) is 0 Å². The van der Waals surface area contributed by atoms with Crippen molar-refractivity contribution in [2.75, 3.05) is 32.8 Å². The molecule has 2 aliphatic heterocycles. The molecule has 0 aromatic heterocycles. The second-order valence-corrected chi connectivity index (χ2v) is 5.59. The fraction of sp³-hybridized carbons (Fsp3) is 0.562. The zero-order chi connectivity index (χ0) is 13.8. The monoisotopic (exact) mass is 274 g/mol. The van der Waals surface area contributed by atoms with Gasteiger partial charge in [-0.15, -0.1) is 0 Å². The van der Waals surface area contributed by atoms with Crippen LogP contribution in [0.3, 0.4) is 0 Å². The molecule has 1 amide bonds. The van der Waals surface area contributed by atoms with E-state index >= 15 is 0 Å². The van der Waals surface area contributed by atoms with Crippen molar-refractivity contribution in [3.63, 3.8) is 0 Å². The summed E-state index contributed by atoms with van der Waals surface area (Å²) in [6, 6.07) is 10.5. The topological polar surface area (TPSA) is 32.8 Å². The van der Waals surface area contributed by atoms with Crippen molar-refractivity contribution < 1.29 is 9.53 Å². The van der Waals surface area contributed by atoms with Gasteiger partial charge in [-0.1, -0.05) is 30.3 Å². The molecule has 2 heterocycles. The van der Waals surface area contributed by atoms with Gasteiger partial charge in [-0.05, 0) is 18.4 Å². The summed E-state index contributed by atoms with van der Waals surface area (Å²) in [4.78, 5) is 16.6. The second-order valence-electron chi connectivity index (χ2n) is 5.59. The molecule has 0 saturated carbocycles. The Bertz CT molecular complexity index is 435. The third-order valence-corrected chi connectivity index (χ3v) is 4.14. The summed E-state index contributed by atoms with van der Waals surface area (Å²) in [6.07, 6.45) is 1.74. The Morgan fingerprint density at radius 3 is 2.55 bits per heavy atom. The fourth-order valence-corrected chi connectivity index (χ4v) is 2.94. The van der Waals surface area contributed by atoms with E-state index in [-0.39, 0.29) is 12.0 Å². The van der Waals surface area contributed by atoms with Gasteiger partial charge < -0.3 is 9.64 Å². The molecule has 1 aromatic carbocycles. The summed E-state index contributed by atoms with van der Waals surface area (Å²) in [5.41, 5.74) is 1.34. The van der Waals surface area contributed by atoms with Crippen LogP contribution >= 0.6 is 0 Å². The molecule has 0 bridgehead atoms. The first kappa shape index (κ1) is 13.6. The van der Waals surface area contributed by atoms with Gasteiger partial charge in [0, 0.05) is 39.3 Å². The lowest BCUT2D eigenvalue weighted by molar-refractivity contribution is -0.142. The molecule has 3 rings (SSSR count). The van der Waals surface area contributed by atoms with Gasteiger partial charge in [-0.2, -0.15) is 0 Å². The third kappa shape index (κ3) is 3.19. The highest BCUT2D eigenvalue weighted by Crippen LogP contribution is 2.16. The molecule has 4 nitrogen and oxygen atoms in total. The van der Waals surface area contributed by atoms with Crippen LogP contribution in [0.15, 0.2) is 30.3 Å². The van der Waals surface area contributed by atoms with E-state index in [1.807, 2.05) is 11.0 Å². The summed E-state index contributed by atoms with van der Waals surface area (Å²) >= 11 is 0. The highest BCUT2D eigenvalue weighted by atomic mass is 16.5. The van der Waals surface area contributed by atoms with E-state index < -0.39 is 0 Å². The lowest BCUT2D eigenvalue weighted by atomic mass is 10.1. The minimum Gasteiger partial charge on any atom is -0.368 e. The van der Waals surface area contributed by atoms with Crippen LogP contribution in [-0.2, 0) is 16.1 Å². The SMILES string of the molecule is O=C([C@H]1CCCO1)N1CCN(Cc2ccccc2)CC1. The number of piperazine rings is 1. The second kappa shape index (κ2) is 6.37. The van der Waals surface area contributed by atoms with Crippen molar-refractivity contribution in [2.45, 2.75) is 25.5 Å². The van der Waals surface area contributed by atoms with Crippen LogP contribution in [0.4, 0.5) is 0 Å². The van der Waals surface area contributed by atoms with Gasteiger partial charge in [0.15, 0.2) is 0 Å². The summed E-state index contributed by atoms with van der Waals surface area (Å²) < 4.78 is 5.49. The summed E-state index contributed by atoms with van der Waals surface area (Å²) in [6.45, 7) is 5.27. The van der Waals surface area contributed by atoms with Crippen molar-refractivity contribution >= 4 is 5.91 Å². The quantitative estimate of drug-likeness (QED) is 0.837. The van der Waals surface area contributed by atoms with E-state index in [9.17, 15) is 4.79 Å². The normalized spacial score (nSPS) is 24.0. The first-order valence-electron chi connectivity index (χ1n) is 7.49. The lowest BCUT2D eigenvalue weighted by Crippen LogP contribution is -2.51. The van der Waals surface area contributed by atoms with Crippen molar-refractivity contribution in [3.05, 3.63) is 35.9 Å². The van der Waals surface area contributed by atoms with Crippen LogP contribution in [0.25, 0.3) is 0 Å². The van der Waals surface area contributed by atoms with Gasteiger partial charge in [0.25, 0.3) is 5.91 Å². The minimum atomic E-state index is -0.171. The Balaban J connectivity index is 1.48. The van der Waals surface area contributed by atoms with Gasteiger partial charge in [-0.25, -0.2) is 0 Å². The van der Waals surface area contributed by atoms with Gasteiger partial charge in [0.2, 0.25) is 0 Å². The Hall–Kier alpha value is -1.39. The van der Waals surface area contributed by atoms with Crippen LogP contribution in [0.1, 0.15) is 18.4 Å². The standard InChI is InChI=1S/C16H22N2O2/c19-16(15-7-4-12-20-15)18-10-8-17(9-11-18)13-14-5-2-1-3-6-14/h1-3,5-6,15H,4,7-13H2/t15-/m1/s1. The molecule has 2 saturated heterocycles. The molecule has 0 radical (unpaired) electrons. The molecule has 0 spiro atoms. The molecule has 0 unspecified atom stereocenters. The van der Waals surface area contributed by atoms with E-state index in [0.29, 0.717) is 0 Å². The largest absolute Gasteiger partial charge is 0.368 e. The predicted octanol–water partition coefficient (Wildman–Crippen LogP) is 1.51. The van der Waals surface area contributed by atoms with E-state index in [1.165, 1.54) is 5.56 Å². The number of ether oxygens (including phenoxy) is 1. The summed E-state index contributed by atoms with van der Waals surface area (Å²) in [5, 5.41) is 0. The van der Waals surface area contributed by atoms with Gasteiger partial charge in [0.05, 0.1) is 0 Å². The Kier molecular flexibility index (Phi) is 4.33. The van der Waals surface area contributed by atoms with E-state index in [4.69, 9.17) is 4.74 Å². The number of carbonyl (C=O) groups is 1. The van der Waals surface area contributed by atoms with Crippen LogP contribution in [0.2, 0.25) is 0 Å². The van der Waals surface area contributed by atoms with Crippen LogP contribution in [0, 0.1) is 0 Å². The van der Waals surface area contributed by atoms with E-state index in [2.05, 4.69) is 29.2 Å². The average Bonchev–Trinajstić information content (AvgIpc) is 3.03. The molecule has 2 fully saturated rings. The Labute approximate surface area is 120 Å². The third-order valence-electron chi connectivity index (χ3n) is 4.14. The molecule has 0 aliphatic carbocycles. The predicted molar refractivity (Wildman–Crippen MR) is 77.3 cm³/mol. The Morgan fingerprint density at radius 1 is 1.15 bits per heavy atom. The van der Waals surface area contributed by atoms with Crippen LogP contribution in [-0.4, -0.2) is 54.6 Å². The van der Waals surface area contributed by atoms with Gasteiger partial charge in [-0.3, -0.25) is 9.69 Å². The maximum Gasteiger partial charge on any atom is 0.251 e. The summed E-state index contributed by atoms with van der Waals surface area (Å²) in [7, 11) is 0. The van der Waals surface area contributed by atoms with E-state index in [1.54, 1.807) is 0 Å². The van der Waals surface area contributed by atoms with Gasteiger partial charge in [0.1, 0.15) is 6.10 Å². The fourth-order valence-electron chi connectivity index (χ4n) is 2.94. The van der Waals surface area contributed by atoms with Crippen molar-refractivity contribution in [1.29, 1.82) is 0 Å². The molecule has 20 heavy (non-hydrogen) atoms. The smallest absolute Gasteiger partial charge is 0.251 e. The zero-order valence-electron chi connectivity index (χ0n) is 11.8. The summed E-state index contributed by atoms with van der Waals surface area (Å²) in [5.74, 6) is 0.196. The minimum absolute atomic E-state index is 0.171. The highest BCUT2D eigenvalue weighted by molar-refractivity contribution is 5.81. The maximum absolute atomic E-state index is 12.2. The molecule has 0 N–H and O–H groups in total. The maximum atomic E-state index is 12.2. The number of rotatable bonds is 3. The van der Waals surface area contributed by atoms with Crippen molar-refractivity contribution in [2.24, 2.45) is 0 Å². The molecule has 1 atom stereocenters. The first-order valence-corrected chi connectivity index (χ1v) is 7.49. The average molecular weight is 274 g/mol. The molecular formula is C16H22N2O2. The van der Waals surface area contributed by atoms with Crippen LogP contribution in [0.5, 0.6) is 0 Å². The highest BCUT2D eigenvalue weighted by Gasteiger charge is 2.30. The van der Waals surface area contributed by atoms with Gasteiger partial charge >= 0.3 is 0 Å². The molecular weight excluding hydrogens is 252 g/mol. The number of hydrogen-bond acceptors (Lipinski definition) is 3. The van der Waals surface area contributed by atoms with E-state index in [0.717, 1.165) is 52.2 Å². The Morgan fingerprint density at radius 2 is 1.90 bits per heavy atom. The molecule has 4 heteroatoms. The lowest BCUT2D eigenvalue weighted by Gasteiger charge is -2.35. The molecule has 2 aliphatic rings. The van der Waals surface area contributed by atoms with Crippen molar-refractivity contribution in [1.82, 2.24) is 9.80 Å². The number of hydrogen-bond donors (Lipinski definition) is 0. The first-order chi connectivity index (χ1) is 9.83. The number of nitrogens with zero attached hydrogens (tertiary/aromatic N) is 2. The molecule has 1 aromatic rings.